The Labute approximate surface area is 124 Å². The van der Waals surface area contributed by atoms with Crippen molar-refractivity contribution in [3.8, 4) is 0 Å². The van der Waals surface area contributed by atoms with Crippen LogP contribution < -0.4 is 10.6 Å². The van der Waals surface area contributed by atoms with E-state index in [0.717, 1.165) is 25.0 Å². The van der Waals surface area contributed by atoms with Crippen LogP contribution in [0.5, 0.6) is 0 Å². The van der Waals surface area contributed by atoms with E-state index < -0.39 is 0 Å². The van der Waals surface area contributed by atoms with Crippen LogP contribution in [0, 0.1) is 5.92 Å². The summed E-state index contributed by atoms with van der Waals surface area (Å²) in [5.74, 6) is 1.86. The molecule has 20 heavy (non-hydrogen) atoms. The highest BCUT2D eigenvalue weighted by Crippen LogP contribution is 2.30. The summed E-state index contributed by atoms with van der Waals surface area (Å²) in [6.45, 7) is 2.08. The number of likely N-dealkylation sites (N-methyl/N-ethyl adjacent to an activating group) is 1. The van der Waals surface area contributed by atoms with Crippen molar-refractivity contribution < 1.29 is 0 Å². The van der Waals surface area contributed by atoms with Gasteiger partial charge in [-0.3, -0.25) is 4.99 Å². The summed E-state index contributed by atoms with van der Waals surface area (Å²) in [7, 11) is 6.33. The molecule has 0 atom stereocenters. The fraction of sp³-hybridized carbons (Fsp3) is 0.938. The van der Waals surface area contributed by atoms with Crippen molar-refractivity contribution in [3.05, 3.63) is 0 Å². The normalized spacial score (nSPS) is 23.5. The molecule has 0 aliphatic heterocycles. The molecule has 0 radical (unpaired) electrons. The molecule has 4 heteroatoms. The van der Waals surface area contributed by atoms with Crippen molar-refractivity contribution in [2.45, 2.75) is 56.9 Å². The second-order valence-corrected chi connectivity index (χ2v) is 6.78. The molecule has 0 aromatic rings. The fourth-order valence-corrected chi connectivity index (χ4v) is 3.20. The zero-order chi connectivity index (χ0) is 14.4. The minimum atomic E-state index is 0.299. The van der Waals surface area contributed by atoms with E-state index >= 15 is 0 Å². The molecule has 0 heterocycles. The lowest BCUT2D eigenvalue weighted by Crippen LogP contribution is -2.54. The summed E-state index contributed by atoms with van der Waals surface area (Å²) in [6, 6.07) is 0. The number of nitrogens with one attached hydrogen (secondary N) is 2. The molecule has 0 aromatic heterocycles. The summed E-state index contributed by atoms with van der Waals surface area (Å²) < 4.78 is 0. The second kappa shape index (κ2) is 7.30. The van der Waals surface area contributed by atoms with Gasteiger partial charge in [-0.1, -0.05) is 25.7 Å². The predicted molar refractivity (Wildman–Crippen MR) is 86.2 cm³/mol. The van der Waals surface area contributed by atoms with E-state index in [2.05, 4.69) is 34.6 Å². The van der Waals surface area contributed by atoms with E-state index in [1.807, 2.05) is 7.05 Å². The van der Waals surface area contributed by atoms with Gasteiger partial charge in [0.25, 0.3) is 0 Å². The third-order valence-electron chi connectivity index (χ3n) is 5.05. The first kappa shape index (κ1) is 15.6. The Balaban J connectivity index is 1.86. The lowest BCUT2D eigenvalue weighted by molar-refractivity contribution is 0.132. The van der Waals surface area contributed by atoms with Crippen LogP contribution in [0.15, 0.2) is 4.99 Å². The highest BCUT2D eigenvalue weighted by atomic mass is 15.2. The van der Waals surface area contributed by atoms with Crippen LogP contribution in [-0.4, -0.2) is 50.6 Å². The molecular weight excluding hydrogens is 248 g/mol. The van der Waals surface area contributed by atoms with Crippen LogP contribution in [-0.2, 0) is 0 Å². The molecule has 0 saturated heterocycles. The van der Waals surface area contributed by atoms with Gasteiger partial charge in [0, 0.05) is 25.7 Å². The van der Waals surface area contributed by atoms with Gasteiger partial charge in [0.2, 0.25) is 0 Å². The first-order valence-electron chi connectivity index (χ1n) is 8.28. The summed E-state index contributed by atoms with van der Waals surface area (Å²) in [4.78, 5) is 6.79. The van der Waals surface area contributed by atoms with Crippen LogP contribution in [0.4, 0.5) is 0 Å². The average molecular weight is 280 g/mol. The van der Waals surface area contributed by atoms with Gasteiger partial charge < -0.3 is 15.5 Å². The maximum Gasteiger partial charge on any atom is 0.191 e. The quantitative estimate of drug-likeness (QED) is 0.461. The Morgan fingerprint density at radius 2 is 1.75 bits per heavy atom. The van der Waals surface area contributed by atoms with Crippen molar-refractivity contribution in [1.82, 2.24) is 15.5 Å². The predicted octanol–water partition coefficient (Wildman–Crippen LogP) is 2.22. The first-order chi connectivity index (χ1) is 9.66. The third-order valence-corrected chi connectivity index (χ3v) is 5.05. The molecule has 0 bridgehead atoms. The number of hydrogen-bond acceptors (Lipinski definition) is 2. The Bertz CT molecular complexity index is 312. The van der Waals surface area contributed by atoms with E-state index in [-0.39, 0.29) is 0 Å². The molecule has 116 valence electrons. The standard InChI is InChI=1S/C16H32N4/c1-17-15(18-12-14-8-9-14)19-13-16(20(2)3)10-6-4-5-7-11-16/h14H,4-13H2,1-3H3,(H2,17,18,19). The smallest absolute Gasteiger partial charge is 0.191 e. The van der Waals surface area contributed by atoms with Gasteiger partial charge >= 0.3 is 0 Å². The lowest BCUT2D eigenvalue weighted by atomic mass is 9.89. The van der Waals surface area contributed by atoms with Crippen molar-refractivity contribution in [3.63, 3.8) is 0 Å². The Hall–Kier alpha value is -0.770. The van der Waals surface area contributed by atoms with Gasteiger partial charge in [0.05, 0.1) is 0 Å². The minimum Gasteiger partial charge on any atom is -0.356 e. The number of rotatable bonds is 5. The minimum absolute atomic E-state index is 0.299. The zero-order valence-corrected chi connectivity index (χ0v) is 13.5. The van der Waals surface area contributed by atoms with Crippen LogP contribution in [0.2, 0.25) is 0 Å². The average Bonchev–Trinajstić information content (AvgIpc) is 3.26. The SMILES string of the molecule is CN=C(NCC1CC1)NCC1(N(C)C)CCCCCC1. The van der Waals surface area contributed by atoms with E-state index in [9.17, 15) is 0 Å². The Morgan fingerprint density at radius 1 is 1.10 bits per heavy atom. The first-order valence-corrected chi connectivity index (χ1v) is 8.28. The molecule has 0 amide bonds. The summed E-state index contributed by atoms with van der Waals surface area (Å²) >= 11 is 0. The van der Waals surface area contributed by atoms with Crippen molar-refractivity contribution in [1.29, 1.82) is 0 Å². The molecule has 0 spiro atoms. The van der Waals surface area contributed by atoms with Gasteiger partial charge in [-0.25, -0.2) is 0 Å². The molecule has 2 rings (SSSR count). The van der Waals surface area contributed by atoms with Crippen molar-refractivity contribution in [2.75, 3.05) is 34.2 Å². The lowest BCUT2D eigenvalue weighted by Gasteiger charge is -2.40. The molecule has 0 aromatic carbocycles. The third kappa shape index (κ3) is 4.37. The van der Waals surface area contributed by atoms with Gasteiger partial charge in [-0.15, -0.1) is 0 Å². The monoisotopic (exact) mass is 280 g/mol. The maximum absolute atomic E-state index is 4.36. The molecule has 2 N–H and O–H groups in total. The van der Waals surface area contributed by atoms with Gasteiger partial charge in [0.1, 0.15) is 0 Å². The van der Waals surface area contributed by atoms with Crippen LogP contribution in [0.3, 0.4) is 0 Å². The van der Waals surface area contributed by atoms with Gasteiger partial charge in [-0.2, -0.15) is 0 Å². The summed E-state index contributed by atoms with van der Waals surface area (Å²) in [5, 5.41) is 7.03. The second-order valence-electron chi connectivity index (χ2n) is 6.78. The molecule has 2 fully saturated rings. The van der Waals surface area contributed by atoms with E-state index in [4.69, 9.17) is 0 Å². The van der Waals surface area contributed by atoms with Crippen LogP contribution in [0.25, 0.3) is 0 Å². The van der Waals surface area contributed by atoms with Crippen molar-refractivity contribution >= 4 is 5.96 Å². The topological polar surface area (TPSA) is 39.7 Å². The summed E-state index contributed by atoms with van der Waals surface area (Å²) in [5.41, 5.74) is 0.299. The highest BCUT2D eigenvalue weighted by Gasteiger charge is 2.33. The van der Waals surface area contributed by atoms with Gasteiger partial charge in [-0.05, 0) is 45.7 Å². The van der Waals surface area contributed by atoms with Crippen molar-refractivity contribution in [2.24, 2.45) is 10.9 Å². The number of nitrogens with zero attached hydrogens (tertiary/aromatic N) is 2. The Morgan fingerprint density at radius 3 is 2.25 bits per heavy atom. The van der Waals surface area contributed by atoms with E-state index in [1.54, 1.807) is 0 Å². The van der Waals surface area contributed by atoms with Crippen LogP contribution in [0.1, 0.15) is 51.4 Å². The molecule has 2 saturated carbocycles. The Kier molecular flexibility index (Phi) is 5.70. The molecule has 4 nitrogen and oxygen atoms in total. The number of guanidine groups is 1. The molecule has 2 aliphatic rings. The fourth-order valence-electron chi connectivity index (χ4n) is 3.20. The number of hydrogen-bond donors (Lipinski definition) is 2. The maximum atomic E-state index is 4.36. The molecular formula is C16H32N4. The van der Waals surface area contributed by atoms with Crippen LogP contribution >= 0.6 is 0 Å². The van der Waals surface area contributed by atoms with Gasteiger partial charge in [0.15, 0.2) is 5.96 Å². The molecule has 0 unspecified atom stereocenters. The number of aliphatic imine (C=N–C) groups is 1. The molecule has 2 aliphatic carbocycles. The van der Waals surface area contributed by atoms with E-state index in [0.29, 0.717) is 5.54 Å². The largest absolute Gasteiger partial charge is 0.356 e. The highest BCUT2D eigenvalue weighted by molar-refractivity contribution is 5.79. The zero-order valence-electron chi connectivity index (χ0n) is 13.5. The van der Waals surface area contributed by atoms with E-state index in [1.165, 1.54) is 51.4 Å². The summed E-state index contributed by atoms with van der Waals surface area (Å²) in [6.07, 6.45) is 10.9.